The molecular weight excluding hydrogens is 464 g/mol. The molecule has 4 rings (SSSR count). The van der Waals surface area contributed by atoms with E-state index in [1.54, 1.807) is 42.5 Å². The average molecular weight is 495 g/mol. The van der Waals surface area contributed by atoms with E-state index < -0.39 is 10.0 Å². The van der Waals surface area contributed by atoms with Crippen molar-refractivity contribution < 1.29 is 22.7 Å². The van der Waals surface area contributed by atoms with Gasteiger partial charge < -0.3 is 14.8 Å². The number of hydrogen-bond donors (Lipinski definition) is 1. The highest BCUT2D eigenvalue weighted by molar-refractivity contribution is 7.92. The fourth-order valence-corrected chi connectivity index (χ4v) is 5.81. The lowest BCUT2D eigenvalue weighted by atomic mass is 9.74. The molecule has 0 atom stereocenters. The highest BCUT2D eigenvalue weighted by atomic mass is 32.2. The molecule has 1 heterocycles. The molecule has 0 aromatic heterocycles. The monoisotopic (exact) mass is 494 g/mol. The van der Waals surface area contributed by atoms with Crippen LogP contribution >= 0.6 is 0 Å². The summed E-state index contributed by atoms with van der Waals surface area (Å²) in [4.78, 5) is 13.3. The van der Waals surface area contributed by atoms with Crippen molar-refractivity contribution in [3.05, 3.63) is 90.5 Å². The van der Waals surface area contributed by atoms with Gasteiger partial charge in [-0.2, -0.15) is 0 Å². The Morgan fingerprint density at radius 1 is 0.971 bits per heavy atom. The maximum absolute atomic E-state index is 13.5. The lowest BCUT2D eigenvalue weighted by Gasteiger charge is -2.38. The number of anilines is 1. The number of hydrogen-bond acceptors (Lipinski definition) is 5. The van der Waals surface area contributed by atoms with Crippen molar-refractivity contribution >= 4 is 21.6 Å². The standard InChI is InChI=1S/C27H30N2O5S/c1-33-24-12-8-11-23(19-24)29(35(31,32)25-13-6-3-7-14-25)20-26(30)28-21-27(15-17-34-18-16-27)22-9-4-2-5-10-22/h2-14,19H,15-18,20-21H2,1H3,(H,28,30). The van der Waals surface area contributed by atoms with Crippen LogP contribution in [0.3, 0.4) is 0 Å². The predicted molar refractivity (Wildman–Crippen MR) is 135 cm³/mol. The number of ether oxygens (including phenoxy) is 2. The maximum Gasteiger partial charge on any atom is 0.264 e. The van der Waals surface area contributed by atoms with E-state index in [1.165, 1.54) is 19.2 Å². The smallest absolute Gasteiger partial charge is 0.264 e. The molecule has 8 heteroatoms. The van der Waals surface area contributed by atoms with Crippen LogP contribution in [0, 0.1) is 0 Å². The van der Waals surface area contributed by atoms with Gasteiger partial charge in [-0.3, -0.25) is 9.10 Å². The van der Waals surface area contributed by atoms with Gasteiger partial charge >= 0.3 is 0 Å². The first kappa shape index (κ1) is 24.8. The maximum atomic E-state index is 13.5. The number of carbonyl (C=O) groups excluding carboxylic acids is 1. The molecule has 35 heavy (non-hydrogen) atoms. The summed E-state index contributed by atoms with van der Waals surface area (Å²) in [5, 5.41) is 3.01. The van der Waals surface area contributed by atoms with Gasteiger partial charge in [0, 0.05) is 31.2 Å². The first-order chi connectivity index (χ1) is 16.9. The van der Waals surface area contributed by atoms with Crippen LogP contribution in [0.1, 0.15) is 18.4 Å². The Balaban J connectivity index is 1.58. The number of methoxy groups -OCH3 is 1. The van der Waals surface area contributed by atoms with Gasteiger partial charge in [-0.05, 0) is 42.7 Å². The Hall–Kier alpha value is -3.36. The SMILES string of the molecule is COc1cccc(N(CC(=O)NCC2(c3ccccc3)CCOCC2)S(=O)(=O)c2ccccc2)c1. The molecule has 1 fully saturated rings. The van der Waals surface area contributed by atoms with Gasteiger partial charge in [-0.1, -0.05) is 54.6 Å². The summed E-state index contributed by atoms with van der Waals surface area (Å²) in [6.07, 6.45) is 1.55. The second-order valence-corrected chi connectivity index (χ2v) is 10.4. The van der Waals surface area contributed by atoms with Crippen LogP contribution < -0.4 is 14.4 Å². The molecule has 1 aliphatic heterocycles. The average Bonchev–Trinajstić information content (AvgIpc) is 2.92. The summed E-state index contributed by atoms with van der Waals surface area (Å²) in [6, 6.07) is 24.9. The van der Waals surface area contributed by atoms with Crippen molar-refractivity contribution in [1.82, 2.24) is 5.32 Å². The topological polar surface area (TPSA) is 84.9 Å². The Labute approximate surface area is 206 Å². The van der Waals surface area contributed by atoms with Gasteiger partial charge in [-0.15, -0.1) is 0 Å². The molecule has 3 aromatic rings. The number of benzene rings is 3. The van der Waals surface area contributed by atoms with Crippen LogP contribution in [0.5, 0.6) is 5.75 Å². The van der Waals surface area contributed by atoms with E-state index >= 15 is 0 Å². The fourth-order valence-electron chi connectivity index (χ4n) is 4.38. The summed E-state index contributed by atoms with van der Waals surface area (Å²) in [5.41, 5.74) is 1.24. The highest BCUT2D eigenvalue weighted by Crippen LogP contribution is 2.34. The summed E-state index contributed by atoms with van der Waals surface area (Å²) >= 11 is 0. The molecule has 1 saturated heterocycles. The van der Waals surface area contributed by atoms with E-state index in [1.807, 2.05) is 18.2 Å². The third-order valence-electron chi connectivity index (χ3n) is 6.42. The van der Waals surface area contributed by atoms with Crippen molar-refractivity contribution in [2.45, 2.75) is 23.2 Å². The molecule has 1 amide bonds. The largest absolute Gasteiger partial charge is 0.497 e. The van der Waals surface area contributed by atoms with E-state index in [4.69, 9.17) is 9.47 Å². The van der Waals surface area contributed by atoms with Gasteiger partial charge in [0.2, 0.25) is 5.91 Å². The van der Waals surface area contributed by atoms with Gasteiger partial charge in [0.05, 0.1) is 17.7 Å². The van der Waals surface area contributed by atoms with E-state index in [0.717, 1.165) is 22.7 Å². The molecule has 1 aliphatic rings. The minimum Gasteiger partial charge on any atom is -0.497 e. The van der Waals surface area contributed by atoms with Gasteiger partial charge in [0.1, 0.15) is 12.3 Å². The molecule has 0 aliphatic carbocycles. The molecule has 0 bridgehead atoms. The molecule has 184 valence electrons. The van der Waals surface area contributed by atoms with E-state index in [9.17, 15) is 13.2 Å². The quantitative estimate of drug-likeness (QED) is 0.490. The number of rotatable bonds is 9. The van der Waals surface area contributed by atoms with Crippen molar-refractivity contribution in [3.63, 3.8) is 0 Å². The zero-order chi connectivity index (χ0) is 24.7. The van der Waals surface area contributed by atoms with Crippen molar-refractivity contribution in [2.75, 3.05) is 37.7 Å². The summed E-state index contributed by atoms with van der Waals surface area (Å²) in [7, 11) is -2.48. The van der Waals surface area contributed by atoms with Crippen molar-refractivity contribution in [1.29, 1.82) is 0 Å². The molecule has 7 nitrogen and oxygen atoms in total. The second kappa shape index (κ2) is 10.9. The van der Waals surface area contributed by atoms with Crippen LogP contribution in [0.2, 0.25) is 0 Å². The van der Waals surface area contributed by atoms with Crippen LogP contribution in [-0.4, -0.2) is 47.7 Å². The van der Waals surface area contributed by atoms with Gasteiger partial charge in [-0.25, -0.2) is 8.42 Å². The van der Waals surface area contributed by atoms with Crippen molar-refractivity contribution in [3.8, 4) is 5.75 Å². The predicted octanol–water partition coefficient (Wildman–Crippen LogP) is 3.76. The zero-order valence-corrected chi connectivity index (χ0v) is 20.5. The van der Waals surface area contributed by atoms with Crippen LogP contribution in [0.25, 0.3) is 0 Å². The highest BCUT2D eigenvalue weighted by Gasteiger charge is 2.35. The number of sulfonamides is 1. The lowest BCUT2D eigenvalue weighted by molar-refractivity contribution is -0.120. The van der Waals surface area contributed by atoms with Crippen molar-refractivity contribution in [2.24, 2.45) is 0 Å². The minimum atomic E-state index is -3.99. The van der Waals surface area contributed by atoms with E-state index in [-0.39, 0.29) is 22.8 Å². The van der Waals surface area contributed by atoms with Crippen LogP contribution in [0.4, 0.5) is 5.69 Å². The summed E-state index contributed by atoms with van der Waals surface area (Å²) < 4.78 is 39.1. The normalized spacial score (nSPS) is 15.2. The Bertz CT molecular complexity index is 1230. The van der Waals surface area contributed by atoms with Crippen LogP contribution in [0.15, 0.2) is 89.8 Å². The molecule has 3 aromatic carbocycles. The molecule has 0 unspecified atom stereocenters. The zero-order valence-electron chi connectivity index (χ0n) is 19.7. The summed E-state index contributed by atoms with van der Waals surface area (Å²) in [6.45, 7) is 1.27. The molecule has 0 spiro atoms. The van der Waals surface area contributed by atoms with Gasteiger partial charge in [0.15, 0.2) is 0 Å². The third kappa shape index (κ3) is 5.66. The number of amides is 1. The minimum absolute atomic E-state index is 0.112. The van der Waals surface area contributed by atoms with E-state index in [2.05, 4.69) is 17.4 Å². The number of nitrogens with zero attached hydrogens (tertiary/aromatic N) is 1. The Kier molecular flexibility index (Phi) is 7.73. The summed E-state index contributed by atoms with van der Waals surface area (Å²) in [5.74, 6) is 0.121. The van der Waals surface area contributed by atoms with Crippen LogP contribution in [-0.2, 0) is 25.0 Å². The molecule has 1 N–H and O–H groups in total. The third-order valence-corrected chi connectivity index (χ3v) is 8.21. The lowest BCUT2D eigenvalue weighted by Crippen LogP contribution is -2.48. The number of nitrogens with one attached hydrogen (secondary N) is 1. The first-order valence-electron chi connectivity index (χ1n) is 11.6. The Morgan fingerprint density at radius 2 is 1.63 bits per heavy atom. The molecule has 0 radical (unpaired) electrons. The first-order valence-corrected chi connectivity index (χ1v) is 13.0. The second-order valence-electron chi connectivity index (χ2n) is 8.56. The van der Waals surface area contributed by atoms with E-state index in [0.29, 0.717) is 31.2 Å². The molecule has 0 saturated carbocycles. The number of carbonyl (C=O) groups is 1. The Morgan fingerprint density at radius 3 is 2.29 bits per heavy atom. The molecular formula is C27H30N2O5S. The van der Waals surface area contributed by atoms with Gasteiger partial charge in [0.25, 0.3) is 10.0 Å². The fraction of sp³-hybridized carbons (Fsp3) is 0.296.